The Bertz CT molecular complexity index is 3600. The Kier molecular flexibility index (Phi) is 10.0. The van der Waals surface area contributed by atoms with E-state index in [0.717, 1.165) is 35.6 Å². The third kappa shape index (κ3) is 7.19. The van der Waals surface area contributed by atoms with E-state index < -0.39 is 0 Å². The molecule has 312 valence electrons. The van der Waals surface area contributed by atoms with E-state index >= 15 is 0 Å². The van der Waals surface area contributed by atoms with E-state index in [1.54, 1.807) is 0 Å². The van der Waals surface area contributed by atoms with Crippen molar-refractivity contribution in [2.45, 2.75) is 12.8 Å². The van der Waals surface area contributed by atoms with Gasteiger partial charge in [-0.25, -0.2) is 0 Å². The second-order valence-corrected chi connectivity index (χ2v) is 17.2. The third-order valence-electron chi connectivity index (χ3n) is 13.3. The highest BCUT2D eigenvalue weighted by Crippen LogP contribution is 2.44. The van der Waals surface area contributed by atoms with Crippen LogP contribution in [-0.2, 0) is 0 Å². The lowest BCUT2D eigenvalue weighted by Crippen LogP contribution is -2.10. The van der Waals surface area contributed by atoms with E-state index in [-0.39, 0.29) is 0 Å². The Morgan fingerprint density at radius 2 is 0.879 bits per heavy atom. The van der Waals surface area contributed by atoms with Gasteiger partial charge in [0, 0.05) is 33.5 Å². The van der Waals surface area contributed by atoms with E-state index in [1.165, 1.54) is 88.2 Å². The number of para-hydroxylation sites is 1. The van der Waals surface area contributed by atoms with Crippen LogP contribution in [0.1, 0.15) is 18.4 Å². The largest absolute Gasteiger partial charge is 0.310 e. The molecule has 0 amide bonds. The molecule has 0 saturated heterocycles. The van der Waals surface area contributed by atoms with E-state index in [9.17, 15) is 0 Å². The molecule has 1 heterocycles. The van der Waals surface area contributed by atoms with Gasteiger partial charge < -0.3 is 9.47 Å². The van der Waals surface area contributed by atoms with Crippen molar-refractivity contribution in [3.63, 3.8) is 0 Å². The maximum Gasteiger partial charge on any atom is 0.0547 e. The molecule has 1 aliphatic rings. The SMILES string of the molecule is C1=CCCC(c2ccccc2-c2ccc(N(c3ccc(-c4ccccc4)cc3)c3ccc(-c4ccc(-n5c6ccccc6c6cc7ccccc7cc65)cc4)cc3)cc2-c2ccccc2)=C1. The van der Waals surface area contributed by atoms with Crippen LogP contribution >= 0.6 is 0 Å². The molecule has 0 radical (unpaired) electrons. The highest BCUT2D eigenvalue weighted by Gasteiger charge is 2.20. The minimum atomic E-state index is 1.04. The fourth-order valence-corrected chi connectivity index (χ4v) is 10.0. The molecule has 0 N–H and O–H groups in total. The van der Waals surface area contributed by atoms with Gasteiger partial charge in [0.1, 0.15) is 0 Å². The van der Waals surface area contributed by atoms with Gasteiger partial charge in [-0.3, -0.25) is 0 Å². The minimum Gasteiger partial charge on any atom is -0.310 e. The molecule has 0 unspecified atom stereocenters. The summed E-state index contributed by atoms with van der Waals surface area (Å²) in [5.74, 6) is 0. The number of aromatic nitrogens is 1. The van der Waals surface area contributed by atoms with Crippen molar-refractivity contribution < 1.29 is 0 Å². The Labute approximate surface area is 386 Å². The fourth-order valence-electron chi connectivity index (χ4n) is 10.0. The van der Waals surface area contributed by atoms with Crippen LogP contribution in [0.5, 0.6) is 0 Å². The van der Waals surface area contributed by atoms with Gasteiger partial charge in [0.15, 0.2) is 0 Å². The first-order chi connectivity index (χ1) is 32.7. The van der Waals surface area contributed by atoms with Crippen molar-refractivity contribution in [3.05, 3.63) is 260 Å². The van der Waals surface area contributed by atoms with E-state index in [1.807, 2.05) is 0 Å². The number of hydrogen-bond acceptors (Lipinski definition) is 1. The van der Waals surface area contributed by atoms with Gasteiger partial charge in [-0.2, -0.15) is 0 Å². The molecule has 0 aliphatic heterocycles. The number of rotatable bonds is 9. The maximum atomic E-state index is 2.41. The van der Waals surface area contributed by atoms with Crippen molar-refractivity contribution in [3.8, 4) is 50.2 Å². The molecule has 0 spiro atoms. The summed E-state index contributed by atoms with van der Waals surface area (Å²) in [7, 11) is 0. The van der Waals surface area contributed by atoms with Gasteiger partial charge in [0.25, 0.3) is 0 Å². The standard InChI is InChI=1S/C64H46N2/c1-4-16-45(17-5-1)46-28-34-53(35-29-46)65(56-40-41-59(61(44-56)50-20-8-3-9-21-50)58-25-13-12-24-57(58)49-18-6-2-7-19-49)54-36-30-47(31-37-54)48-32-38-55(39-33-48)66-63-27-15-14-26-60(63)62-42-51-22-10-11-23-52(51)43-64(62)66/h1-6,8-18,20-44H,7,19H2. The van der Waals surface area contributed by atoms with Crippen LogP contribution in [0.15, 0.2) is 255 Å². The molecule has 0 atom stereocenters. The highest BCUT2D eigenvalue weighted by atomic mass is 15.1. The molecule has 1 aromatic heterocycles. The quantitative estimate of drug-likeness (QED) is 0.141. The van der Waals surface area contributed by atoms with Crippen LogP contribution in [0.25, 0.3) is 88.3 Å². The third-order valence-corrected chi connectivity index (χ3v) is 13.3. The molecule has 11 aromatic rings. The van der Waals surface area contributed by atoms with Gasteiger partial charge in [0.2, 0.25) is 0 Å². The van der Waals surface area contributed by atoms with Crippen LogP contribution in [0.2, 0.25) is 0 Å². The first-order valence-corrected chi connectivity index (χ1v) is 23.0. The van der Waals surface area contributed by atoms with Crippen molar-refractivity contribution in [2.75, 3.05) is 4.90 Å². The Morgan fingerprint density at radius 3 is 1.55 bits per heavy atom. The van der Waals surface area contributed by atoms with Crippen LogP contribution in [-0.4, -0.2) is 4.57 Å². The molecule has 0 fully saturated rings. The normalized spacial score (nSPS) is 12.5. The molecular formula is C64H46N2. The van der Waals surface area contributed by atoms with Gasteiger partial charge >= 0.3 is 0 Å². The van der Waals surface area contributed by atoms with Crippen LogP contribution in [0.3, 0.4) is 0 Å². The van der Waals surface area contributed by atoms with E-state index in [2.05, 4.69) is 264 Å². The molecule has 12 rings (SSSR count). The van der Waals surface area contributed by atoms with Crippen LogP contribution < -0.4 is 4.90 Å². The number of benzene rings is 10. The summed E-state index contributed by atoms with van der Waals surface area (Å²) in [6.45, 7) is 0. The van der Waals surface area contributed by atoms with Crippen LogP contribution in [0.4, 0.5) is 17.1 Å². The van der Waals surface area contributed by atoms with Gasteiger partial charge in [-0.1, -0.05) is 188 Å². The smallest absolute Gasteiger partial charge is 0.0547 e. The lowest BCUT2D eigenvalue weighted by Gasteiger charge is -2.27. The number of hydrogen-bond donors (Lipinski definition) is 0. The first-order valence-electron chi connectivity index (χ1n) is 23.0. The summed E-state index contributed by atoms with van der Waals surface area (Å²) < 4.78 is 2.41. The zero-order valence-corrected chi connectivity index (χ0v) is 36.6. The predicted octanol–water partition coefficient (Wildman–Crippen LogP) is 17.8. The molecular weight excluding hydrogens is 797 g/mol. The molecule has 66 heavy (non-hydrogen) atoms. The van der Waals surface area contributed by atoms with E-state index in [4.69, 9.17) is 0 Å². The van der Waals surface area contributed by atoms with Crippen molar-refractivity contribution in [2.24, 2.45) is 0 Å². The molecule has 10 aromatic carbocycles. The lowest BCUT2D eigenvalue weighted by molar-refractivity contribution is 1.05. The molecule has 0 bridgehead atoms. The maximum absolute atomic E-state index is 2.41. The number of fused-ring (bicyclic) bond motifs is 4. The summed E-state index contributed by atoms with van der Waals surface area (Å²) >= 11 is 0. The van der Waals surface area contributed by atoms with Crippen molar-refractivity contribution in [1.82, 2.24) is 4.57 Å². The topological polar surface area (TPSA) is 8.17 Å². The van der Waals surface area contributed by atoms with Crippen molar-refractivity contribution >= 4 is 55.2 Å². The highest BCUT2D eigenvalue weighted by molar-refractivity contribution is 6.13. The Hall–Kier alpha value is -8.46. The second kappa shape index (κ2) is 16.9. The molecule has 0 saturated carbocycles. The van der Waals surface area contributed by atoms with Crippen molar-refractivity contribution in [1.29, 1.82) is 0 Å². The zero-order valence-electron chi connectivity index (χ0n) is 36.6. The summed E-state index contributed by atoms with van der Waals surface area (Å²) in [5.41, 5.74) is 19.1. The summed E-state index contributed by atoms with van der Waals surface area (Å²) in [4.78, 5) is 2.39. The first kappa shape index (κ1) is 39.2. The summed E-state index contributed by atoms with van der Waals surface area (Å²) in [5, 5.41) is 5.04. The van der Waals surface area contributed by atoms with Gasteiger partial charge in [-0.05, 0) is 146 Å². The Balaban J connectivity index is 0.944. The van der Waals surface area contributed by atoms with Gasteiger partial charge in [0.05, 0.1) is 11.0 Å². The summed E-state index contributed by atoms with van der Waals surface area (Å²) in [6.07, 6.45) is 8.84. The molecule has 2 heteroatoms. The monoisotopic (exact) mass is 842 g/mol. The zero-order chi connectivity index (χ0) is 43.8. The number of nitrogens with zero attached hydrogens (tertiary/aromatic N) is 2. The average molecular weight is 843 g/mol. The second-order valence-electron chi connectivity index (χ2n) is 17.2. The van der Waals surface area contributed by atoms with Gasteiger partial charge in [-0.15, -0.1) is 0 Å². The molecule has 2 nitrogen and oxygen atoms in total. The molecule has 1 aliphatic carbocycles. The number of anilines is 3. The lowest BCUT2D eigenvalue weighted by atomic mass is 9.87. The number of allylic oxidation sites excluding steroid dienone is 4. The minimum absolute atomic E-state index is 1.04. The average Bonchev–Trinajstić information content (AvgIpc) is 3.72. The van der Waals surface area contributed by atoms with Crippen LogP contribution in [0, 0.1) is 0 Å². The Morgan fingerprint density at radius 1 is 0.348 bits per heavy atom. The van der Waals surface area contributed by atoms with E-state index in [0.29, 0.717) is 0 Å². The summed E-state index contributed by atoms with van der Waals surface area (Å²) in [6, 6.07) is 86.5. The fraction of sp³-hybridized carbons (Fsp3) is 0.0312. The predicted molar refractivity (Wildman–Crippen MR) is 281 cm³/mol.